The Labute approximate surface area is 141 Å². The van der Waals surface area contributed by atoms with Gasteiger partial charge in [0.1, 0.15) is 17.2 Å². The first-order valence-corrected chi connectivity index (χ1v) is 8.40. The molecule has 128 valence electrons. The standard InChI is InChI=1S/C17H23N5O2/c1-4-24-17(23)13-6-5-9-18-16(13)19-12-7-8-14-20-15(11(2)3)21-22(14)10-12/h5-6,9,11-12H,4,7-8,10H2,1-3H3,(H,18,19). The number of carbonyl (C=O) groups excluding carboxylic acids is 1. The number of hydrogen-bond acceptors (Lipinski definition) is 6. The Kier molecular flexibility index (Phi) is 4.78. The summed E-state index contributed by atoms with van der Waals surface area (Å²) in [5, 5.41) is 7.95. The van der Waals surface area contributed by atoms with Gasteiger partial charge in [0.15, 0.2) is 5.82 Å². The van der Waals surface area contributed by atoms with Crippen LogP contribution in [-0.4, -0.2) is 38.4 Å². The van der Waals surface area contributed by atoms with E-state index in [4.69, 9.17) is 4.74 Å². The molecule has 2 aromatic heterocycles. The lowest BCUT2D eigenvalue weighted by molar-refractivity contribution is 0.0527. The van der Waals surface area contributed by atoms with E-state index >= 15 is 0 Å². The molecule has 0 saturated carbocycles. The summed E-state index contributed by atoms with van der Waals surface area (Å²) in [6.07, 6.45) is 3.46. The second-order valence-electron chi connectivity index (χ2n) is 6.22. The van der Waals surface area contributed by atoms with Crippen molar-refractivity contribution in [2.45, 2.75) is 52.1 Å². The summed E-state index contributed by atoms with van der Waals surface area (Å²) in [7, 11) is 0. The molecular formula is C17H23N5O2. The fourth-order valence-corrected chi connectivity index (χ4v) is 2.78. The lowest BCUT2D eigenvalue weighted by Crippen LogP contribution is -2.33. The molecule has 7 nitrogen and oxygen atoms in total. The van der Waals surface area contributed by atoms with Crippen LogP contribution in [0.2, 0.25) is 0 Å². The van der Waals surface area contributed by atoms with Gasteiger partial charge in [0, 0.05) is 24.6 Å². The molecule has 0 fully saturated rings. The number of aromatic nitrogens is 4. The first-order valence-electron chi connectivity index (χ1n) is 8.40. The molecule has 2 aromatic rings. The summed E-state index contributed by atoms with van der Waals surface area (Å²) in [5.74, 6) is 2.45. The Morgan fingerprint density at radius 1 is 1.50 bits per heavy atom. The number of carbonyl (C=O) groups is 1. The van der Waals surface area contributed by atoms with E-state index in [1.54, 1.807) is 25.3 Å². The molecule has 0 radical (unpaired) electrons. The molecule has 0 bridgehead atoms. The molecule has 1 N–H and O–H groups in total. The average molecular weight is 329 g/mol. The van der Waals surface area contributed by atoms with Gasteiger partial charge in [0.2, 0.25) is 0 Å². The number of esters is 1. The Morgan fingerprint density at radius 3 is 3.08 bits per heavy atom. The summed E-state index contributed by atoms with van der Waals surface area (Å²) < 4.78 is 7.06. The van der Waals surface area contributed by atoms with Gasteiger partial charge >= 0.3 is 5.97 Å². The number of nitrogens with zero attached hydrogens (tertiary/aromatic N) is 4. The normalized spacial score (nSPS) is 16.8. The molecule has 3 heterocycles. The Morgan fingerprint density at radius 2 is 2.33 bits per heavy atom. The fraction of sp³-hybridized carbons (Fsp3) is 0.529. The molecule has 24 heavy (non-hydrogen) atoms. The van der Waals surface area contributed by atoms with Crippen LogP contribution in [0.1, 0.15) is 55.1 Å². The highest BCUT2D eigenvalue weighted by Crippen LogP contribution is 2.21. The van der Waals surface area contributed by atoms with Crippen molar-refractivity contribution in [3.05, 3.63) is 35.5 Å². The number of rotatable bonds is 5. The molecule has 1 aliphatic rings. The van der Waals surface area contributed by atoms with E-state index in [0.29, 0.717) is 30.5 Å². The van der Waals surface area contributed by atoms with Crippen LogP contribution in [0.4, 0.5) is 5.82 Å². The summed E-state index contributed by atoms with van der Waals surface area (Å²) in [6.45, 7) is 7.04. The Hall–Kier alpha value is -2.44. The van der Waals surface area contributed by atoms with Gasteiger partial charge in [0.25, 0.3) is 0 Å². The van der Waals surface area contributed by atoms with E-state index in [0.717, 1.165) is 24.5 Å². The highest BCUT2D eigenvalue weighted by Gasteiger charge is 2.24. The van der Waals surface area contributed by atoms with Crippen molar-refractivity contribution in [2.24, 2.45) is 0 Å². The van der Waals surface area contributed by atoms with E-state index in [-0.39, 0.29) is 12.0 Å². The van der Waals surface area contributed by atoms with Crippen LogP contribution >= 0.6 is 0 Å². The Bertz CT molecular complexity index is 726. The average Bonchev–Trinajstić information content (AvgIpc) is 2.99. The maximum absolute atomic E-state index is 12.1. The summed E-state index contributed by atoms with van der Waals surface area (Å²) >= 11 is 0. The van der Waals surface area contributed by atoms with Crippen molar-refractivity contribution < 1.29 is 9.53 Å². The molecule has 7 heteroatoms. The SMILES string of the molecule is CCOC(=O)c1cccnc1NC1CCc2nc(C(C)C)nn2C1. The zero-order chi connectivity index (χ0) is 17.1. The zero-order valence-electron chi connectivity index (χ0n) is 14.3. The Balaban J connectivity index is 1.74. The van der Waals surface area contributed by atoms with Crippen LogP contribution in [0.5, 0.6) is 0 Å². The fourth-order valence-electron chi connectivity index (χ4n) is 2.78. The number of fused-ring (bicyclic) bond motifs is 1. The quantitative estimate of drug-likeness (QED) is 0.848. The van der Waals surface area contributed by atoms with Crippen molar-refractivity contribution in [1.82, 2.24) is 19.7 Å². The van der Waals surface area contributed by atoms with Gasteiger partial charge < -0.3 is 10.1 Å². The van der Waals surface area contributed by atoms with Crippen molar-refractivity contribution in [3.63, 3.8) is 0 Å². The number of aryl methyl sites for hydroxylation is 1. The van der Waals surface area contributed by atoms with Crippen LogP contribution in [-0.2, 0) is 17.7 Å². The van der Waals surface area contributed by atoms with Crippen LogP contribution in [0.25, 0.3) is 0 Å². The number of hydrogen-bond donors (Lipinski definition) is 1. The van der Waals surface area contributed by atoms with E-state index < -0.39 is 0 Å². The van der Waals surface area contributed by atoms with Crippen LogP contribution in [0, 0.1) is 0 Å². The smallest absolute Gasteiger partial charge is 0.341 e. The van der Waals surface area contributed by atoms with Crippen molar-refractivity contribution >= 4 is 11.8 Å². The second kappa shape index (κ2) is 6.98. The van der Waals surface area contributed by atoms with E-state index in [1.807, 2.05) is 4.68 Å². The van der Waals surface area contributed by atoms with Gasteiger partial charge in [-0.3, -0.25) is 0 Å². The minimum atomic E-state index is -0.354. The maximum Gasteiger partial charge on any atom is 0.341 e. The number of nitrogens with one attached hydrogen (secondary N) is 1. The predicted octanol–water partition coefficient (Wildman–Crippen LogP) is 2.40. The van der Waals surface area contributed by atoms with Gasteiger partial charge in [-0.15, -0.1) is 0 Å². The van der Waals surface area contributed by atoms with E-state index in [9.17, 15) is 4.79 Å². The molecule has 1 unspecified atom stereocenters. The van der Waals surface area contributed by atoms with Gasteiger partial charge in [-0.1, -0.05) is 13.8 Å². The molecule has 0 amide bonds. The third kappa shape index (κ3) is 3.39. The van der Waals surface area contributed by atoms with Gasteiger partial charge in [-0.25, -0.2) is 19.4 Å². The summed E-state index contributed by atoms with van der Waals surface area (Å²) in [5.41, 5.74) is 0.464. The minimum absolute atomic E-state index is 0.155. The third-order valence-corrected chi connectivity index (χ3v) is 4.03. The first-order chi connectivity index (χ1) is 11.6. The van der Waals surface area contributed by atoms with Crippen molar-refractivity contribution in [2.75, 3.05) is 11.9 Å². The monoisotopic (exact) mass is 329 g/mol. The molecule has 0 spiro atoms. The first kappa shape index (κ1) is 16.4. The molecular weight excluding hydrogens is 306 g/mol. The third-order valence-electron chi connectivity index (χ3n) is 4.03. The number of pyridine rings is 1. The summed E-state index contributed by atoms with van der Waals surface area (Å²) in [6, 6.07) is 3.62. The molecule has 3 rings (SSSR count). The minimum Gasteiger partial charge on any atom is -0.462 e. The second-order valence-corrected chi connectivity index (χ2v) is 6.22. The maximum atomic E-state index is 12.1. The number of anilines is 1. The molecule has 0 aromatic carbocycles. The lowest BCUT2D eigenvalue weighted by atomic mass is 10.1. The zero-order valence-corrected chi connectivity index (χ0v) is 14.3. The summed E-state index contributed by atoms with van der Waals surface area (Å²) in [4.78, 5) is 21.0. The number of ether oxygens (including phenoxy) is 1. The van der Waals surface area contributed by atoms with E-state index in [1.165, 1.54) is 0 Å². The van der Waals surface area contributed by atoms with Crippen molar-refractivity contribution in [3.8, 4) is 0 Å². The molecule has 1 aliphatic heterocycles. The molecule has 1 atom stereocenters. The predicted molar refractivity (Wildman–Crippen MR) is 90.0 cm³/mol. The topological polar surface area (TPSA) is 81.9 Å². The van der Waals surface area contributed by atoms with Crippen LogP contribution in [0.3, 0.4) is 0 Å². The van der Waals surface area contributed by atoms with Gasteiger partial charge in [-0.05, 0) is 25.5 Å². The van der Waals surface area contributed by atoms with Gasteiger partial charge in [-0.2, -0.15) is 5.10 Å². The highest BCUT2D eigenvalue weighted by molar-refractivity contribution is 5.94. The van der Waals surface area contributed by atoms with Crippen LogP contribution in [0.15, 0.2) is 18.3 Å². The van der Waals surface area contributed by atoms with Crippen LogP contribution < -0.4 is 5.32 Å². The van der Waals surface area contributed by atoms with Crippen molar-refractivity contribution in [1.29, 1.82) is 0 Å². The molecule has 0 aliphatic carbocycles. The van der Waals surface area contributed by atoms with Gasteiger partial charge in [0.05, 0.1) is 13.2 Å². The largest absolute Gasteiger partial charge is 0.462 e. The highest BCUT2D eigenvalue weighted by atomic mass is 16.5. The molecule has 0 saturated heterocycles. The lowest BCUT2D eigenvalue weighted by Gasteiger charge is -2.24. The van der Waals surface area contributed by atoms with E-state index in [2.05, 4.69) is 34.2 Å².